The third kappa shape index (κ3) is 3.08. The highest BCUT2D eigenvalue weighted by molar-refractivity contribution is 5.96. The van der Waals surface area contributed by atoms with Gasteiger partial charge in [-0.05, 0) is 19.8 Å². The molecule has 1 rings (SSSR count). The van der Waals surface area contributed by atoms with Crippen LogP contribution in [0.15, 0.2) is 4.52 Å². The number of carbonyl (C=O) groups is 1. The normalized spacial score (nSPS) is 13.2. The number of hydrogen-bond acceptors (Lipinski definition) is 3. The van der Waals surface area contributed by atoms with Crippen LogP contribution in [-0.4, -0.2) is 17.1 Å². The Morgan fingerprint density at radius 3 is 2.29 bits per heavy atom. The zero-order valence-electron chi connectivity index (χ0n) is 11.5. The predicted octanol–water partition coefficient (Wildman–Crippen LogP) is 2.88. The second kappa shape index (κ2) is 5.34. The zero-order valence-corrected chi connectivity index (χ0v) is 11.5. The zero-order chi connectivity index (χ0) is 13.2. The second-order valence-electron chi connectivity index (χ2n) is 5.17. The van der Waals surface area contributed by atoms with Crippen molar-refractivity contribution in [3.63, 3.8) is 0 Å². The van der Waals surface area contributed by atoms with Gasteiger partial charge in [-0.2, -0.15) is 0 Å². The molecule has 17 heavy (non-hydrogen) atoms. The fourth-order valence-electron chi connectivity index (χ4n) is 1.50. The van der Waals surface area contributed by atoms with E-state index in [1.54, 1.807) is 6.92 Å². The Kier molecular flexibility index (Phi) is 4.32. The molecule has 0 saturated carbocycles. The molecule has 1 aromatic rings. The Hall–Kier alpha value is -1.32. The summed E-state index contributed by atoms with van der Waals surface area (Å²) in [6.45, 7) is 11.9. The standard InChI is InChI=1S/C13H22N2O2/c1-7(2)9(5)14-13(16)11-10(6)15-17-12(11)8(3)4/h7-9H,1-6H3,(H,14,16). The van der Waals surface area contributed by atoms with Crippen LogP contribution in [0.3, 0.4) is 0 Å². The lowest BCUT2D eigenvalue weighted by molar-refractivity contribution is 0.0927. The number of aryl methyl sites for hydroxylation is 1. The van der Waals surface area contributed by atoms with Crippen LogP contribution in [0, 0.1) is 12.8 Å². The predicted molar refractivity (Wildman–Crippen MR) is 67.1 cm³/mol. The Labute approximate surface area is 103 Å². The van der Waals surface area contributed by atoms with E-state index in [0.717, 1.165) is 0 Å². The number of hydrogen-bond donors (Lipinski definition) is 1. The van der Waals surface area contributed by atoms with Gasteiger partial charge in [-0.3, -0.25) is 4.79 Å². The summed E-state index contributed by atoms with van der Waals surface area (Å²) < 4.78 is 5.21. The molecule has 4 heteroatoms. The molecule has 96 valence electrons. The first kappa shape index (κ1) is 13.7. The van der Waals surface area contributed by atoms with Crippen molar-refractivity contribution in [2.24, 2.45) is 5.92 Å². The van der Waals surface area contributed by atoms with Gasteiger partial charge in [0.1, 0.15) is 5.56 Å². The van der Waals surface area contributed by atoms with Gasteiger partial charge < -0.3 is 9.84 Å². The molecule has 1 aromatic heterocycles. The maximum absolute atomic E-state index is 12.2. The van der Waals surface area contributed by atoms with Crippen LogP contribution in [0.4, 0.5) is 0 Å². The van der Waals surface area contributed by atoms with Crippen molar-refractivity contribution in [1.82, 2.24) is 10.5 Å². The maximum atomic E-state index is 12.2. The molecule has 0 fully saturated rings. The Bertz CT molecular complexity index is 394. The molecule has 0 aliphatic carbocycles. The van der Waals surface area contributed by atoms with E-state index in [1.807, 2.05) is 20.8 Å². The molecule has 0 spiro atoms. The van der Waals surface area contributed by atoms with Crippen LogP contribution >= 0.6 is 0 Å². The van der Waals surface area contributed by atoms with Crippen LogP contribution in [0.25, 0.3) is 0 Å². The van der Waals surface area contributed by atoms with Gasteiger partial charge in [-0.1, -0.05) is 32.9 Å². The minimum atomic E-state index is -0.0892. The van der Waals surface area contributed by atoms with E-state index >= 15 is 0 Å². The van der Waals surface area contributed by atoms with Crippen molar-refractivity contribution < 1.29 is 9.32 Å². The van der Waals surface area contributed by atoms with Crippen molar-refractivity contribution in [2.45, 2.75) is 53.5 Å². The fraction of sp³-hybridized carbons (Fsp3) is 0.692. The van der Waals surface area contributed by atoms with Crippen molar-refractivity contribution in [3.05, 3.63) is 17.0 Å². The van der Waals surface area contributed by atoms with Gasteiger partial charge in [0.2, 0.25) is 0 Å². The summed E-state index contributed by atoms with van der Waals surface area (Å²) in [5.74, 6) is 1.14. The molecule has 0 bridgehead atoms. The molecule has 4 nitrogen and oxygen atoms in total. The highest BCUT2D eigenvalue weighted by Crippen LogP contribution is 2.22. The first-order chi connectivity index (χ1) is 7.84. The van der Waals surface area contributed by atoms with Gasteiger partial charge in [0.25, 0.3) is 5.91 Å². The van der Waals surface area contributed by atoms with E-state index in [1.165, 1.54) is 0 Å². The van der Waals surface area contributed by atoms with Crippen molar-refractivity contribution >= 4 is 5.91 Å². The molecule has 0 aliphatic rings. The molecule has 0 saturated heterocycles. The Morgan fingerprint density at radius 1 is 1.24 bits per heavy atom. The average molecular weight is 238 g/mol. The van der Waals surface area contributed by atoms with E-state index in [2.05, 4.69) is 24.3 Å². The fourth-order valence-corrected chi connectivity index (χ4v) is 1.50. The average Bonchev–Trinajstić information content (AvgIpc) is 2.59. The largest absolute Gasteiger partial charge is 0.360 e. The quantitative estimate of drug-likeness (QED) is 0.877. The summed E-state index contributed by atoms with van der Waals surface area (Å²) in [6, 6.07) is 0.136. The molecule has 1 unspecified atom stereocenters. The lowest BCUT2D eigenvalue weighted by atomic mass is 10.0. The number of rotatable bonds is 4. The molecule has 0 aromatic carbocycles. The maximum Gasteiger partial charge on any atom is 0.257 e. The summed E-state index contributed by atoms with van der Waals surface area (Å²) in [5, 5.41) is 6.85. The second-order valence-corrected chi connectivity index (χ2v) is 5.17. The monoisotopic (exact) mass is 238 g/mol. The van der Waals surface area contributed by atoms with Crippen molar-refractivity contribution in [3.8, 4) is 0 Å². The van der Waals surface area contributed by atoms with Crippen LogP contribution in [0.2, 0.25) is 0 Å². The first-order valence-corrected chi connectivity index (χ1v) is 6.11. The third-order valence-electron chi connectivity index (χ3n) is 3.00. The van der Waals surface area contributed by atoms with E-state index in [4.69, 9.17) is 4.52 Å². The van der Waals surface area contributed by atoms with Gasteiger partial charge in [0.05, 0.1) is 5.69 Å². The summed E-state index contributed by atoms with van der Waals surface area (Å²) >= 11 is 0. The van der Waals surface area contributed by atoms with Crippen LogP contribution < -0.4 is 5.32 Å². The number of carbonyl (C=O) groups excluding carboxylic acids is 1. The lowest BCUT2D eigenvalue weighted by Gasteiger charge is -2.17. The molecular weight excluding hydrogens is 216 g/mol. The summed E-state index contributed by atoms with van der Waals surface area (Å²) in [7, 11) is 0. The highest BCUT2D eigenvalue weighted by atomic mass is 16.5. The van der Waals surface area contributed by atoms with Gasteiger partial charge in [0.15, 0.2) is 5.76 Å². The van der Waals surface area contributed by atoms with Crippen molar-refractivity contribution in [1.29, 1.82) is 0 Å². The van der Waals surface area contributed by atoms with Crippen LogP contribution in [0.5, 0.6) is 0 Å². The smallest absolute Gasteiger partial charge is 0.257 e. The van der Waals surface area contributed by atoms with E-state index in [9.17, 15) is 4.79 Å². The summed E-state index contributed by atoms with van der Waals surface area (Å²) in [6.07, 6.45) is 0. The van der Waals surface area contributed by atoms with E-state index in [0.29, 0.717) is 22.9 Å². The van der Waals surface area contributed by atoms with Crippen molar-refractivity contribution in [2.75, 3.05) is 0 Å². The number of nitrogens with one attached hydrogen (secondary N) is 1. The lowest BCUT2D eigenvalue weighted by Crippen LogP contribution is -2.36. The molecule has 1 N–H and O–H groups in total. The molecule has 0 radical (unpaired) electrons. The topological polar surface area (TPSA) is 55.1 Å². The number of aromatic nitrogens is 1. The third-order valence-corrected chi connectivity index (χ3v) is 3.00. The minimum Gasteiger partial charge on any atom is -0.360 e. The van der Waals surface area contributed by atoms with Crippen LogP contribution in [0.1, 0.15) is 62.3 Å². The molecule has 1 atom stereocenters. The SMILES string of the molecule is Cc1noc(C(C)C)c1C(=O)NC(C)C(C)C. The van der Waals surface area contributed by atoms with Gasteiger partial charge >= 0.3 is 0 Å². The van der Waals surface area contributed by atoms with Gasteiger partial charge in [0, 0.05) is 12.0 Å². The van der Waals surface area contributed by atoms with Gasteiger partial charge in [-0.25, -0.2) is 0 Å². The summed E-state index contributed by atoms with van der Waals surface area (Å²) in [4.78, 5) is 12.2. The van der Waals surface area contributed by atoms with E-state index < -0.39 is 0 Å². The highest BCUT2D eigenvalue weighted by Gasteiger charge is 2.23. The number of nitrogens with zero attached hydrogens (tertiary/aromatic N) is 1. The Morgan fingerprint density at radius 2 is 1.82 bits per heavy atom. The first-order valence-electron chi connectivity index (χ1n) is 6.11. The minimum absolute atomic E-state index is 0.0892. The molecule has 1 amide bonds. The number of amides is 1. The summed E-state index contributed by atoms with van der Waals surface area (Å²) in [5.41, 5.74) is 1.25. The van der Waals surface area contributed by atoms with Gasteiger partial charge in [-0.15, -0.1) is 0 Å². The molecular formula is C13H22N2O2. The molecule has 1 heterocycles. The van der Waals surface area contributed by atoms with Crippen LogP contribution in [-0.2, 0) is 0 Å². The Balaban J connectivity index is 2.92. The van der Waals surface area contributed by atoms with E-state index in [-0.39, 0.29) is 17.9 Å². The molecule has 0 aliphatic heterocycles.